The highest BCUT2D eigenvalue weighted by atomic mass is 19.1. The van der Waals surface area contributed by atoms with Crippen molar-refractivity contribution in [2.24, 2.45) is 0 Å². The van der Waals surface area contributed by atoms with Crippen molar-refractivity contribution in [3.63, 3.8) is 0 Å². The molecule has 0 aliphatic carbocycles. The maximum absolute atomic E-state index is 11.8. The second-order valence-corrected chi connectivity index (χ2v) is 1.41. The van der Waals surface area contributed by atoms with Gasteiger partial charge in [-0.05, 0) is 6.92 Å². The van der Waals surface area contributed by atoms with Crippen LogP contribution in [0.25, 0.3) is 0 Å². The zero-order valence-corrected chi connectivity index (χ0v) is 5.07. The Morgan fingerprint density at radius 1 is 1.75 bits per heavy atom. The third-order valence-corrected chi connectivity index (χ3v) is 0.682. The normalized spacial score (nSPS) is 11.1. The molecule has 0 atom stereocenters. The Balaban J connectivity index is 3.75. The van der Waals surface area contributed by atoms with Gasteiger partial charge in [-0.25, -0.2) is 4.39 Å². The van der Waals surface area contributed by atoms with Crippen LogP contribution in [0.2, 0.25) is 0 Å². The van der Waals surface area contributed by atoms with Crippen molar-refractivity contribution in [2.45, 2.75) is 6.92 Å². The average molecular weight is 116 g/mol. The highest BCUT2D eigenvalue weighted by molar-refractivity contribution is 5.08. The van der Waals surface area contributed by atoms with E-state index in [2.05, 4.69) is 11.3 Å². The summed E-state index contributed by atoms with van der Waals surface area (Å²) in [6.07, 6.45) is 1.22. The first-order chi connectivity index (χ1) is 3.66. The van der Waals surface area contributed by atoms with E-state index in [0.717, 1.165) is 0 Å². The zero-order valence-electron chi connectivity index (χ0n) is 5.07. The standard InChI is InChI=1S/C6H9FO/c1-5(7)4-6(2)8-3/h4H,1H2,2-3H3. The lowest BCUT2D eigenvalue weighted by Crippen LogP contribution is -1.77. The number of hydrogen-bond acceptors (Lipinski definition) is 1. The summed E-state index contributed by atoms with van der Waals surface area (Å²) in [5.74, 6) is 0.0434. The zero-order chi connectivity index (χ0) is 6.57. The van der Waals surface area contributed by atoms with Gasteiger partial charge < -0.3 is 4.74 Å². The van der Waals surface area contributed by atoms with Gasteiger partial charge in [0.25, 0.3) is 0 Å². The number of methoxy groups -OCH3 is 1. The second kappa shape index (κ2) is 3.24. The van der Waals surface area contributed by atoms with Crippen LogP contribution in [0.1, 0.15) is 6.92 Å². The summed E-state index contributed by atoms with van der Waals surface area (Å²) in [6, 6.07) is 0. The van der Waals surface area contributed by atoms with Gasteiger partial charge in [-0.1, -0.05) is 6.58 Å². The summed E-state index contributed by atoms with van der Waals surface area (Å²) >= 11 is 0. The fourth-order valence-corrected chi connectivity index (χ4v) is 0.279. The van der Waals surface area contributed by atoms with Crippen molar-refractivity contribution in [2.75, 3.05) is 7.11 Å². The molecular formula is C6H9FO. The highest BCUT2D eigenvalue weighted by Gasteiger charge is 1.84. The lowest BCUT2D eigenvalue weighted by Gasteiger charge is -1.93. The molecule has 0 N–H and O–H groups in total. The van der Waals surface area contributed by atoms with Crippen molar-refractivity contribution in [3.8, 4) is 0 Å². The maximum Gasteiger partial charge on any atom is 0.119 e. The molecule has 0 rings (SSSR count). The fourth-order valence-electron chi connectivity index (χ4n) is 0.279. The predicted octanol–water partition coefficient (Wildman–Crippen LogP) is 2.02. The van der Waals surface area contributed by atoms with Crippen molar-refractivity contribution >= 4 is 0 Å². The van der Waals surface area contributed by atoms with Crippen LogP contribution < -0.4 is 0 Å². The van der Waals surface area contributed by atoms with Crippen molar-refractivity contribution in [1.82, 2.24) is 0 Å². The van der Waals surface area contributed by atoms with Gasteiger partial charge in [-0.15, -0.1) is 0 Å². The molecule has 0 amide bonds. The average Bonchev–Trinajstić information content (AvgIpc) is 1.65. The molecule has 2 heteroatoms. The molecule has 0 fully saturated rings. The topological polar surface area (TPSA) is 9.23 Å². The van der Waals surface area contributed by atoms with E-state index in [9.17, 15) is 4.39 Å². The lowest BCUT2D eigenvalue weighted by atomic mass is 10.4. The molecule has 0 spiro atoms. The molecular weight excluding hydrogens is 107 g/mol. The molecule has 0 heterocycles. The first-order valence-corrected chi connectivity index (χ1v) is 2.23. The van der Waals surface area contributed by atoms with Crippen molar-refractivity contribution < 1.29 is 9.13 Å². The van der Waals surface area contributed by atoms with Gasteiger partial charge in [0.15, 0.2) is 0 Å². The van der Waals surface area contributed by atoms with Crippen molar-refractivity contribution in [1.29, 1.82) is 0 Å². The summed E-state index contributed by atoms with van der Waals surface area (Å²) in [5, 5.41) is 0. The third-order valence-electron chi connectivity index (χ3n) is 0.682. The Kier molecular flexibility index (Phi) is 2.92. The summed E-state index contributed by atoms with van der Waals surface area (Å²) in [6.45, 7) is 4.68. The SMILES string of the molecule is C=C(F)C=C(C)OC. The van der Waals surface area contributed by atoms with E-state index >= 15 is 0 Å². The molecule has 0 aromatic rings. The Morgan fingerprint density at radius 3 is 2.38 bits per heavy atom. The summed E-state index contributed by atoms with van der Waals surface area (Å²) in [7, 11) is 1.48. The number of ether oxygens (including phenoxy) is 1. The van der Waals surface area contributed by atoms with Crippen LogP contribution in [0.5, 0.6) is 0 Å². The lowest BCUT2D eigenvalue weighted by molar-refractivity contribution is 0.292. The van der Waals surface area contributed by atoms with Crippen LogP contribution in [-0.2, 0) is 4.74 Å². The van der Waals surface area contributed by atoms with Gasteiger partial charge in [0.2, 0.25) is 0 Å². The van der Waals surface area contributed by atoms with Crippen molar-refractivity contribution in [3.05, 3.63) is 24.2 Å². The minimum Gasteiger partial charge on any atom is -0.501 e. The van der Waals surface area contributed by atoms with E-state index in [1.165, 1.54) is 13.2 Å². The van der Waals surface area contributed by atoms with E-state index < -0.39 is 5.83 Å². The molecule has 1 nitrogen and oxygen atoms in total. The smallest absolute Gasteiger partial charge is 0.119 e. The minimum atomic E-state index is -0.482. The fraction of sp³-hybridized carbons (Fsp3) is 0.333. The van der Waals surface area contributed by atoms with Gasteiger partial charge in [0.1, 0.15) is 5.83 Å². The van der Waals surface area contributed by atoms with Crippen LogP contribution in [0.4, 0.5) is 4.39 Å². The summed E-state index contributed by atoms with van der Waals surface area (Å²) in [5.41, 5.74) is 0. The van der Waals surface area contributed by atoms with Crippen LogP contribution in [-0.4, -0.2) is 7.11 Å². The molecule has 0 saturated heterocycles. The van der Waals surface area contributed by atoms with E-state index in [1.54, 1.807) is 6.92 Å². The van der Waals surface area contributed by atoms with Crippen LogP contribution in [0.15, 0.2) is 24.2 Å². The van der Waals surface area contributed by atoms with Gasteiger partial charge in [0, 0.05) is 6.08 Å². The van der Waals surface area contributed by atoms with Gasteiger partial charge in [-0.2, -0.15) is 0 Å². The first-order valence-electron chi connectivity index (χ1n) is 2.23. The quantitative estimate of drug-likeness (QED) is 0.396. The predicted molar refractivity (Wildman–Crippen MR) is 31.0 cm³/mol. The number of allylic oxidation sites excluding steroid dienone is 3. The van der Waals surface area contributed by atoms with E-state index in [-0.39, 0.29) is 0 Å². The van der Waals surface area contributed by atoms with Gasteiger partial charge >= 0.3 is 0 Å². The molecule has 0 aliphatic rings. The molecule has 0 saturated carbocycles. The number of hydrogen-bond donors (Lipinski definition) is 0. The molecule has 0 unspecified atom stereocenters. The number of rotatable bonds is 2. The second-order valence-electron chi connectivity index (χ2n) is 1.41. The van der Waals surface area contributed by atoms with E-state index in [0.29, 0.717) is 5.76 Å². The molecule has 0 aromatic heterocycles. The molecule has 8 heavy (non-hydrogen) atoms. The summed E-state index contributed by atoms with van der Waals surface area (Å²) in [4.78, 5) is 0. The Bertz CT molecular complexity index is 116. The molecule has 0 bridgehead atoms. The van der Waals surface area contributed by atoms with Crippen LogP contribution >= 0.6 is 0 Å². The van der Waals surface area contributed by atoms with Gasteiger partial charge in [0.05, 0.1) is 12.9 Å². The Labute approximate surface area is 48.5 Å². The van der Waals surface area contributed by atoms with E-state index in [1.807, 2.05) is 0 Å². The Hall–Kier alpha value is -0.790. The van der Waals surface area contributed by atoms with Crippen LogP contribution in [0.3, 0.4) is 0 Å². The Morgan fingerprint density at radius 2 is 2.25 bits per heavy atom. The monoisotopic (exact) mass is 116 g/mol. The molecule has 0 aromatic carbocycles. The molecule has 46 valence electrons. The first kappa shape index (κ1) is 7.21. The van der Waals surface area contributed by atoms with Crippen LogP contribution in [0, 0.1) is 0 Å². The highest BCUT2D eigenvalue weighted by Crippen LogP contribution is 1.99. The largest absolute Gasteiger partial charge is 0.501 e. The maximum atomic E-state index is 11.8. The summed E-state index contributed by atoms with van der Waals surface area (Å²) < 4.78 is 16.4. The minimum absolute atomic E-state index is 0.482. The molecule has 0 radical (unpaired) electrons. The molecule has 0 aliphatic heterocycles. The number of halogens is 1. The van der Waals surface area contributed by atoms with E-state index in [4.69, 9.17) is 0 Å². The third kappa shape index (κ3) is 3.40. The van der Waals surface area contributed by atoms with Gasteiger partial charge in [-0.3, -0.25) is 0 Å².